The van der Waals surface area contributed by atoms with E-state index in [0.717, 1.165) is 16.3 Å². The Kier molecular flexibility index (Phi) is 4.19. The Morgan fingerprint density at radius 3 is 2.36 bits per heavy atom. The lowest BCUT2D eigenvalue weighted by molar-refractivity contribution is -0.779. The molecule has 0 radical (unpaired) electrons. The summed E-state index contributed by atoms with van der Waals surface area (Å²) in [6.45, 7) is 6.10. The van der Waals surface area contributed by atoms with E-state index >= 15 is 0 Å². The monoisotopic (exact) mass is 380 g/mol. The summed E-state index contributed by atoms with van der Waals surface area (Å²) in [5.41, 5.74) is 0.527. The first-order valence-corrected chi connectivity index (χ1v) is 9.83. The van der Waals surface area contributed by atoms with Gasteiger partial charge in [-0.3, -0.25) is 0 Å². The van der Waals surface area contributed by atoms with Crippen LogP contribution in [0, 0.1) is 11.3 Å². The Labute approximate surface area is 164 Å². The van der Waals surface area contributed by atoms with Gasteiger partial charge in [0.15, 0.2) is 0 Å². The summed E-state index contributed by atoms with van der Waals surface area (Å²) in [5.74, 6) is -2.30. The molecular weight excluding hydrogens is 354 g/mol. The highest BCUT2D eigenvalue weighted by Gasteiger charge is 2.68. The van der Waals surface area contributed by atoms with E-state index in [9.17, 15) is 19.5 Å². The lowest BCUT2D eigenvalue weighted by Gasteiger charge is -2.32. The van der Waals surface area contributed by atoms with Crippen LogP contribution in [0.4, 0.5) is 0 Å². The zero-order valence-corrected chi connectivity index (χ0v) is 16.5. The molecular formula is C23H26NO4+. The number of fused-ring (bicyclic) bond motifs is 1. The molecule has 2 aromatic carbocycles. The molecule has 1 N–H and O–H groups in total. The topological polar surface area (TPSA) is 71.4 Å². The second kappa shape index (κ2) is 6.24. The Morgan fingerprint density at radius 2 is 1.75 bits per heavy atom. The van der Waals surface area contributed by atoms with Crippen molar-refractivity contribution in [2.45, 2.75) is 45.6 Å². The average Bonchev–Trinajstić information content (AvgIpc) is 3.16. The molecule has 5 nitrogen and oxygen atoms in total. The van der Waals surface area contributed by atoms with Crippen LogP contribution in [0.3, 0.4) is 0 Å². The van der Waals surface area contributed by atoms with Crippen molar-refractivity contribution in [2.24, 2.45) is 11.3 Å². The van der Waals surface area contributed by atoms with E-state index in [1.807, 2.05) is 63.2 Å². The third kappa shape index (κ3) is 2.60. The molecule has 2 saturated heterocycles. The molecule has 4 rings (SSSR count). The predicted molar refractivity (Wildman–Crippen MR) is 105 cm³/mol. The van der Waals surface area contributed by atoms with Gasteiger partial charge in [0.05, 0.1) is 24.8 Å². The standard InChI is InChI=1S/C23H25NO4/c1-23(2,3)18-13-19(25)24(21(18)26)11-10-17(20(24)22(27)28)16-9-8-14-6-4-5-7-15(14)12-16/h4-9,12,17-18,20H,10-11,13H2,1-3H3/p+1/t17-,18?,20-,24-/m0/s1. The summed E-state index contributed by atoms with van der Waals surface area (Å²) in [7, 11) is 0. The molecule has 0 bridgehead atoms. The maximum Gasteiger partial charge on any atom is 0.364 e. The second-order valence-corrected chi connectivity index (χ2v) is 9.23. The van der Waals surface area contributed by atoms with E-state index in [1.165, 1.54) is 0 Å². The number of nitrogens with zero attached hydrogens (tertiary/aromatic N) is 1. The number of amides is 2. The van der Waals surface area contributed by atoms with Gasteiger partial charge in [-0.2, -0.15) is 4.48 Å². The van der Waals surface area contributed by atoms with Crippen LogP contribution >= 0.6 is 0 Å². The van der Waals surface area contributed by atoms with Crippen LogP contribution in [-0.2, 0) is 14.4 Å². The van der Waals surface area contributed by atoms with Gasteiger partial charge < -0.3 is 5.11 Å². The number of quaternary nitrogens is 1. The molecule has 0 saturated carbocycles. The Balaban J connectivity index is 1.79. The molecule has 2 aliphatic heterocycles. The van der Waals surface area contributed by atoms with Crippen LogP contribution in [0.1, 0.15) is 45.1 Å². The van der Waals surface area contributed by atoms with E-state index in [4.69, 9.17) is 0 Å². The highest BCUT2D eigenvalue weighted by Crippen LogP contribution is 2.48. The summed E-state index contributed by atoms with van der Waals surface area (Å²) in [6.07, 6.45) is 0.653. The van der Waals surface area contributed by atoms with Crippen molar-refractivity contribution in [3.05, 3.63) is 48.0 Å². The van der Waals surface area contributed by atoms with Crippen LogP contribution in [-0.4, -0.2) is 40.0 Å². The van der Waals surface area contributed by atoms with Gasteiger partial charge in [-0.15, -0.1) is 0 Å². The molecule has 0 aromatic heterocycles. The number of carboxylic acids is 1. The number of hydrogen-bond donors (Lipinski definition) is 1. The summed E-state index contributed by atoms with van der Waals surface area (Å²) in [5, 5.41) is 12.2. The number of rotatable bonds is 2. The third-order valence-electron chi connectivity index (χ3n) is 6.66. The van der Waals surface area contributed by atoms with Crippen LogP contribution in [0.2, 0.25) is 0 Å². The van der Waals surface area contributed by atoms with Gasteiger partial charge >= 0.3 is 17.8 Å². The molecule has 4 atom stereocenters. The summed E-state index contributed by atoms with van der Waals surface area (Å²) >= 11 is 0. The number of imide groups is 1. The summed E-state index contributed by atoms with van der Waals surface area (Å²) in [4.78, 5) is 38.8. The Bertz CT molecular complexity index is 990. The number of aliphatic carboxylic acids is 1. The highest BCUT2D eigenvalue weighted by molar-refractivity contribution is 5.97. The zero-order chi connectivity index (χ0) is 20.3. The van der Waals surface area contributed by atoms with Gasteiger partial charge in [0.25, 0.3) is 0 Å². The molecule has 1 spiro atoms. The summed E-state index contributed by atoms with van der Waals surface area (Å²) < 4.78 is -0.519. The van der Waals surface area contributed by atoms with Crippen LogP contribution < -0.4 is 0 Å². The molecule has 2 heterocycles. The number of benzene rings is 2. The Morgan fingerprint density at radius 1 is 1.07 bits per heavy atom. The lowest BCUT2D eigenvalue weighted by atomic mass is 9.79. The number of carbonyl (C=O) groups excluding carboxylic acids is 2. The van der Waals surface area contributed by atoms with Gasteiger partial charge in [0, 0.05) is 6.42 Å². The van der Waals surface area contributed by atoms with E-state index in [2.05, 4.69) is 0 Å². The van der Waals surface area contributed by atoms with E-state index in [1.54, 1.807) is 0 Å². The largest absolute Gasteiger partial charge is 0.477 e. The fourth-order valence-electron chi connectivity index (χ4n) is 5.12. The first-order chi connectivity index (χ1) is 13.2. The van der Waals surface area contributed by atoms with Crippen molar-refractivity contribution in [1.82, 2.24) is 0 Å². The third-order valence-corrected chi connectivity index (χ3v) is 6.66. The number of hydrogen-bond acceptors (Lipinski definition) is 3. The van der Waals surface area contributed by atoms with E-state index < -0.39 is 22.4 Å². The molecule has 2 amide bonds. The van der Waals surface area contributed by atoms with Crippen LogP contribution in [0.5, 0.6) is 0 Å². The maximum absolute atomic E-state index is 13.4. The van der Waals surface area contributed by atoms with Crippen molar-refractivity contribution < 1.29 is 24.0 Å². The van der Waals surface area contributed by atoms with Gasteiger partial charge in [0.2, 0.25) is 6.04 Å². The smallest absolute Gasteiger partial charge is 0.364 e. The number of carboxylic acid groups (broad SMARTS) is 1. The van der Waals surface area contributed by atoms with Crippen LogP contribution in [0.15, 0.2) is 42.5 Å². The summed E-state index contributed by atoms with van der Waals surface area (Å²) in [6, 6.07) is 12.8. The molecule has 2 aliphatic rings. The quantitative estimate of drug-likeness (QED) is 0.637. The highest BCUT2D eigenvalue weighted by atomic mass is 16.4. The molecule has 1 unspecified atom stereocenters. The minimum atomic E-state index is -1.06. The molecule has 0 aliphatic carbocycles. The molecule has 2 aromatic rings. The first kappa shape index (κ1) is 18.8. The zero-order valence-electron chi connectivity index (χ0n) is 16.5. The molecule has 28 heavy (non-hydrogen) atoms. The molecule has 146 valence electrons. The fraction of sp³-hybridized carbons (Fsp3) is 0.435. The maximum atomic E-state index is 13.4. The minimum absolute atomic E-state index is 0.135. The molecule has 5 heteroatoms. The van der Waals surface area contributed by atoms with Gasteiger partial charge in [-0.25, -0.2) is 14.4 Å². The second-order valence-electron chi connectivity index (χ2n) is 9.23. The van der Waals surface area contributed by atoms with Crippen molar-refractivity contribution in [3.63, 3.8) is 0 Å². The normalized spacial score (nSPS) is 30.5. The molecule has 2 fully saturated rings. The predicted octanol–water partition coefficient (Wildman–Crippen LogP) is 3.72. The van der Waals surface area contributed by atoms with Gasteiger partial charge in [0.1, 0.15) is 0 Å². The Hall–Kier alpha value is -2.53. The van der Waals surface area contributed by atoms with Crippen LogP contribution in [0.25, 0.3) is 10.8 Å². The minimum Gasteiger partial charge on any atom is -0.477 e. The van der Waals surface area contributed by atoms with Crippen molar-refractivity contribution in [3.8, 4) is 0 Å². The first-order valence-electron chi connectivity index (χ1n) is 9.83. The van der Waals surface area contributed by atoms with E-state index in [-0.39, 0.29) is 36.1 Å². The van der Waals surface area contributed by atoms with Gasteiger partial charge in [-0.05, 0) is 21.8 Å². The lowest BCUT2D eigenvalue weighted by Crippen LogP contribution is -2.60. The van der Waals surface area contributed by atoms with Gasteiger partial charge in [-0.1, -0.05) is 63.2 Å². The van der Waals surface area contributed by atoms with Crippen molar-refractivity contribution >= 4 is 28.6 Å². The van der Waals surface area contributed by atoms with Crippen molar-refractivity contribution in [2.75, 3.05) is 6.54 Å². The average molecular weight is 380 g/mol. The van der Waals surface area contributed by atoms with E-state index in [0.29, 0.717) is 6.42 Å². The SMILES string of the molecule is CC(C)(C)C1CC(=O)[N@+]2(CC[C@@H](c3ccc4ccccc4c3)[C@H]2C(=O)O)C1=O. The number of carbonyl (C=O) groups is 3. The fourth-order valence-corrected chi connectivity index (χ4v) is 5.12. The van der Waals surface area contributed by atoms with Crippen molar-refractivity contribution in [1.29, 1.82) is 0 Å².